The molecule has 0 spiro atoms. The van der Waals surface area contributed by atoms with Gasteiger partial charge in [0.2, 0.25) is 10.0 Å². The zero-order chi connectivity index (χ0) is 15.3. The van der Waals surface area contributed by atoms with Crippen LogP contribution in [0.15, 0.2) is 20.0 Å². The number of ether oxygens (including phenoxy) is 1. The Labute approximate surface area is 133 Å². The van der Waals surface area contributed by atoms with Gasteiger partial charge in [0.15, 0.2) is 4.67 Å². The first-order valence-corrected chi connectivity index (χ1v) is 9.31. The third-order valence-electron chi connectivity index (χ3n) is 3.16. The Morgan fingerprint density at radius 3 is 2.90 bits per heavy atom. The summed E-state index contributed by atoms with van der Waals surface area (Å²) in [7, 11) is -1.79. The van der Waals surface area contributed by atoms with Gasteiger partial charge in [-0.25, -0.2) is 13.1 Å². The van der Waals surface area contributed by atoms with Crippen LogP contribution in [0.25, 0.3) is 0 Å². The van der Waals surface area contributed by atoms with Crippen LogP contribution < -0.4 is 10.0 Å². The van der Waals surface area contributed by atoms with Crippen LogP contribution in [0.2, 0.25) is 0 Å². The van der Waals surface area contributed by atoms with Gasteiger partial charge >= 0.3 is 0 Å². The van der Waals surface area contributed by atoms with Crippen molar-refractivity contribution >= 4 is 26.0 Å². The lowest BCUT2D eigenvalue weighted by Gasteiger charge is -2.05. The Bertz CT molecular complexity index is 555. The first-order valence-electron chi connectivity index (χ1n) is 7.03. The third-order valence-corrected chi connectivity index (χ3v) is 5.47. The minimum Gasteiger partial charge on any atom is -0.452 e. The van der Waals surface area contributed by atoms with Crippen LogP contribution in [-0.2, 0) is 21.3 Å². The van der Waals surface area contributed by atoms with Crippen LogP contribution in [0.4, 0.5) is 0 Å². The normalized spacial score (nSPS) is 15.5. The smallest absolute Gasteiger partial charge is 0.244 e. The summed E-state index contributed by atoms with van der Waals surface area (Å²) in [6.07, 6.45) is 3.18. The maximum atomic E-state index is 12.2. The van der Waals surface area contributed by atoms with E-state index in [4.69, 9.17) is 9.15 Å². The first-order chi connectivity index (χ1) is 10.0. The van der Waals surface area contributed by atoms with E-state index in [0.717, 1.165) is 12.5 Å². The summed E-state index contributed by atoms with van der Waals surface area (Å²) >= 11 is 3.14. The molecule has 2 rings (SSSR count). The average Bonchev–Trinajstić information content (AvgIpc) is 3.17. The number of hydrogen-bond donors (Lipinski definition) is 2. The average molecular weight is 381 g/mol. The van der Waals surface area contributed by atoms with E-state index in [1.54, 1.807) is 7.05 Å². The Balaban J connectivity index is 1.77. The van der Waals surface area contributed by atoms with E-state index in [9.17, 15) is 8.42 Å². The molecule has 0 aliphatic heterocycles. The van der Waals surface area contributed by atoms with Gasteiger partial charge in [-0.2, -0.15) is 0 Å². The third kappa shape index (κ3) is 5.37. The molecule has 1 aliphatic rings. The van der Waals surface area contributed by atoms with Crippen molar-refractivity contribution in [2.75, 3.05) is 26.8 Å². The molecule has 2 N–H and O–H groups in total. The van der Waals surface area contributed by atoms with Gasteiger partial charge in [0.1, 0.15) is 10.7 Å². The Morgan fingerprint density at radius 1 is 1.48 bits per heavy atom. The molecule has 120 valence electrons. The number of halogens is 1. The highest BCUT2D eigenvalue weighted by atomic mass is 79.9. The predicted molar refractivity (Wildman–Crippen MR) is 82.5 cm³/mol. The number of sulfonamides is 1. The maximum Gasteiger partial charge on any atom is 0.244 e. The van der Waals surface area contributed by atoms with Crippen LogP contribution in [0.5, 0.6) is 0 Å². The monoisotopic (exact) mass is 380 g/mol. The van der Waals surface area contributed by atoms with Gasteiger partial charge in [-0.05, 0) is 48.2 Å². The van der Waals surface area contributed by atoms with Crippen LogP contribution in [0, 0.1) is 5.92 Å². The molecule has 0 saturated heterocycles. The fraction of sp³-hybridized carbons (Fsp3) is 0.692. The van der Waals surface area contributed by atoms with E-state index >= 15 is 0 Å². The molecule has 8 heteroatoms. The van der Waals surface area contributed by atoms with Crippen LogP contribution >= 0.6 is 15.9 Å². The molecule has 0 bridgehead atoms. The molecule has 0 atom stereocenters. The van der Waals surface area contributed by atoms with Crippen molar-refractivity contribution in [2.45, 2.75) is 30.7 Å². The van der Waals surface area contributed by atoms with Crippen LogP contribution in [0.3, 0.4) is 0 Å². The zero-order valence-corrected chi connectivity index (χ0v) is 14.4. The Kier molecular flexibility index (Phi) is 6.24. The summed E-state index contributed by atoms with van der Waals surface area (Å²) in [6, 6.07) is 1.52. The van der Waals surface area contributed by atoms with Gasteiger partial charge in [0.05, 0.1) is 6.54 Å². The van der Waals surface area contributed by atoms with Crippen molar-refractivity contribution in [2.24, 2.45) is 5.92 Å². The molecule has 1 fully saturated rings. The van der Waals surface area contributed by atoms with Gasteiger partial charge in [-0.15, -0.1) is 0 Å². The van der Waals surface area contributed by atoms with Crippen molar-refractivity contribution in [1.82, 2.24) is 10.0 Å². The van der Waals surface area contributed by atoms with Crippen molar-refractivity contribution in [3.8, 4) is 0 Å². The lowest BCUT2D eigenvalue weighted by Crippen LogP contribution is -2.25. The fourth-order valence-electron chi connectivity index (χ4n) is 1.84. The number of rotatable bonds is 10. The number of furan rings is 1. The minimum absolute atomic E-state index is 0.131. The molecule has 1 heterocycles. The molecule has 1 saturated carbocycles. The van der Waals surface area contributed by atoms with Gasteiger partial charge in [0, 0.05) is 25.8 Å². The summed E-state index contributed by atoms with van der Waals surface area (Å²) in [5, 5.41) is 2.91. The maximum absolute atomic E-state index is 12.2. The topological polar surface area (TPSA) is 80.6 Å². The van der Waals surface area contributed by atoms with E-state index < -0.39 is 10.0 Å². The van der Waals surface area contributed by atoms with Gasteiger partial charge in [-0.3, -0.25) is 0 Å². The molecule has 6 nitrogen and oxygen atoms in total. The van der Waals surface area contributed by atoms with E-state index in [0.29, 0.717) is 31.9 Å². The predicted octanol–water partition coefficient (Wildman–Crippen LogP) is 1.86. The highest BCUT2D eigenvalue weighted by Crippen LogP contribution is 2.28. The Hall–Kier alpha value is -0.410. The largest absolute Gasteiger partial charge is 0.452 e. The molecule has 1 aromatic rings. The van der Waals surface area contributed by atoms with Crippen molar-refractivity contribution < 1.29 is 17.6 Å². The quantitative estimate of drug-likeness (QED) is 0.605. The van der Waals surface area contributed by atoms with Crippen LogP contribution in [0.1, 0.15) is 25.0 Å². The summed E-state index contributed by atoms with van der Waals surface area (Å²) in [5.74, 6) is 1.30. The SMILES string of the molecule is CNCc1cc(S(=O)(=O)NCCCOCC2CC2)c(Br)o1. The second-order valence-corrected chi connectivity index (χ2v) is 7.61. The molecule has 0 radical (unpaired) electrons. The van der Waals surface area contributed by atoms with E-state index in [2.05, 4.69) is 26.0 Å². The summed E-state index contributed by atoms with van der Waals surface area (Å²) < 4.78 is 37.9. The minimum atomic E-state index is -3.55. The molecule has 21 heavy (non-hydrogen) atoms. The van der Waals surface area contributed by atoms with Crippen molar-refractivity contribution in [3.05, 3.63) is 16.5 Å². The standard InChI is InChI=1S/C13H21BrN2O4S/c1-15-8-11-7-12(13(14)20-11)21(17,18)16-5-2-6-19-9-10-3-4-10/h7,10,15-16H,2-6,8-9H2,1H3. The summed E-state index contributed by atoms with van der Waals surface area (Å²) in [6.45, 7) is 2.21. The Morgan fingerprint density at radius 2 is 2.24 bits per heavy atom. The molecule has 0 amide bonds. The van der Waals surface area contributed by atoms with Crippen LogP contribution in [-0.4, -0.2) is 35.2 Å². The number of hydrogen-bond acceptors (Lipinski definition) is 5. The molecular weight excluding hydrogens is 360 g/mol. The van der Waals surface area contributed by atoms with E-state index in [1.807, 2.05) is 0 Å². The highest BCUT2D eigenvalue weighted by molar-refractivity contribution is 9.10. The highest BCUT2D eigenvalue weighted by Gasteiger charge is 2.22. The van der Waals surface area contributed by atoms with E-state index in [-0.39, 0.29) is 9.56 Å². The van der Waals surface area contributed by atoms with Crippen molar-refractivity contribution in [3.63, 3.8) is 0 Å². The first kappa shape index (κ1) is 17.0. The molecule has 1 aromatic heterocycles. The molecule has 0 unspecified atom stereocenters. The zero-order valence-electron chi connectivity index (χ0n) is 12.0. The van der Waals surface area contributed by atoms with Gasteiger partial charge in [-0.1, -0.05) is 0 Å². The number of nitrogens with one attached hydrogen (secondary N) is 2. The lowest BCUT2D eigenvalue weighted by atomic mass is 10.4. The van der Waals surface area contributed by atoms with Gasteiger partial charge < -0.3 is 14.5 Å². The second kappa shape index (κ2) is 7.73. The summed E-state index contributed by atoms with van der Waals surface area (Å²) in [5.41, 5.74) is 0. The molecular formula is C13H21BrN2O4S. The van der Waals surface area contributed by atoms with E-state index in [1.165, 1.54) is 18.9 Å². The lowest BCUT2D eigenvalue weighted by molar-refractivity contribution is 0.123. The second-order valence-electron chi connectivity index (χ2n) is 5.15. The fourth-order valence-corrected chi connectivity index (χ4v) is 3.91. The molecule has 0 aromatic carbocycles. The summed E-state index contributed by atoms with van der Waals surface area (Å²) in [4.78, 5) is 0.131. The van der Waals surface area contributed by atoms with Gasteiger partial charge in [0.25, 0.3) is 0 Å². The van der Waals surface area contributed by atoms with Crippen molar-refractivity contribution in [1.29, 1.82) is 0 Å². The molecule has 1 aliphatic carbocycles.